The lowest BCUT2D eigenvalue weighted by atomic mass is 9.85. The van der Waals surface area contributed by atoms with Gasteiger partial charge < -0.3 is 20.0 Å². The molecule has 2 atom stereocenters. The third-order valence-corrected chi connectivity index (χ3v) is 7.32. The minimum absolute atomic E-state index is 0.0152. The van der Waals surface area contributed by atoms with E-state index in [1.54, 1.807) is 18.3 Å². The standard InChI is InChI=1S/C25H29ClF3N7O2/c1-3-32-22(37)15-4-5-17-19(10-15)33-11-18(26)21(17)34-7-6-16(14(2)12-34)23(38)35-8-9-36(20(30)13-35)24(31)25(27,28)29/h4-5,10-11,14,16,30-31H,3,6-9,12-13H2,1-2H3,(H,32,37). The van der Waals surface area contributed by atoms with Crippen molar-refractivity contribution in [3.63, 3.8) is 0 Å². The highest BCUT2D eigenvalue weighted by molar-refractivity contribution is 6.34. The number of nitrogens with one attached hydrogen (secondary N) is 3. The first-order valence-electron chi connectivity index (χ1n) is 12.3. The van der Waals surface area contributed by atoms with Gasteiger partial charge in [-0.15, -0.1) is 0 Å². The van der Waals surface area contributed by atoms with E-state index in [2.05, 4.69) is 15.2 Å². The molecule has 0 bridgehead atoms. The number of nitrogens with zero attached hydrogens (tertiary/aromatic N) is 4. The number of amides is 2. The average Bonchev–Trinajstić information content (AvgIpc) is 2.87. The highest BCUT2D eigenvalue weighted by Gasteiger charge is 2.43. The van der Waals surface area contributed by atoms with Gasteiger partial charge in [0.25, 0.3) is 5.91 Å². The molecule has 0 spiro atoms. The quantitative estimate of drug-likeness (QED) is 0.395. The number of alkyl halides is 3. The predicted molar refractivity (Wildman–Crippen MR) is 139 cm³/mol. The van der Waals surface area contributed by atoms with Crippen molar-refractivity contribution < 1.29 is 22.8 Å². The van der Waals surface area contributed by atoms with E-state index in [1.807, 2.05) is 19.9 Å². The van der Waals surface area contributed by atoms with Crippen LogP contribution in [0.4, 0.5) is 18.9 Å². The Bertz CT molecular complexity index is 1290. The molecule has 3 N–H and O–H groups in total. The number of carbonyl (C=O) groups is 2. The molecule has 4 rings (SSSR count). The van der Waals surface area contributed by atoms with Crippen LogP contribution in [0, 0.1) is 22.7 Å². The number of anilines is 1. The summed E-state index contributed by atoms with van der Waals surface area (Å²) in [7, 11) is 0. The number of benzene rings is 1. The van der Waals surface area contributed by atoms with Crippen molar-refractivity contribution in [2.24, 2.45) is 11.8 Å². The summed E-state index contributed by atoms with van der Waals surface area (Å²) in [6.07, 6.45) is -2.79. The number of aromatic nitrogens is 1. The fourth-order valence-electron chi connectivity index (χ4n) is 5.12. The highest BCUT2D eigenvalue weighted by atomic mass is 35.5. The van der Waals surface area contributed by atoms with Crippen LogP contribution in [-0.2, 0) is 4.79 Å². The molecule has 2 aliphatic rings. The van der Waals surface area contributed by atoms with Crippen LogP contribution in [-0.4, -0.2) is 83.7 Å². The summed E-state index contributed by atoms with van der Waals surface area (Å²) in [5, 5.41) is 19.3. The summed E-state index contributed by atoms with van der Waals surface area (Å²) < 4.78 is 38.7. The fourth-order valence-corrected chi connectivity index (χ4v) is 5.39. The van der Waals surface area contributed by atoms with Gasteiger partial charge in [-0.1, -0.05) is 18.5 Å². The van der Waals surface area contributed by atoms with E-state index < -0.39 is 17.8 Å². The van der Waals surface area contributed by atoms with Crippen LogP contribution in [0.1, 0.15) is 30.6 Å². The first-order chi connectivity index (χ1) is 17.9. The molecule has 9 nitrogen and oxygen atoms in total. The number of piperidine rings is 1. The Balaban J connectivity index is 1.47. The summed E-state index contributed by atoms with van der Waals surface area (Å²) >= 11 is 6.56. The Labute approximate surface area is 222 Å². The number of hydrogen-bond acceptors (Lipinski definition) is 6. The molecule has 2 aromatic rings. The summed E-state index contributed by atoms with van der Waals surface area (Å²) in [5.41, 5.74) is 1.89. The van der Waals surface area contributed by atoms with Gasteiger partial charge in [-0.3, -0.25) is 25.4 Å². The van der Waals surface area contributed by atoms with Gasteiger partial charge in [-0.05, 0) is 37.5 Å². The minimum atomic E-state index is -4.85. The molecule has 0 saturated carbocycles. The zero-order valence-electron chi connectivity index (χ0n) is 21.0. The maximum absolute atomic E-state index is 13.3. The second-order valence-corrected chi connectivity index (χ2v) is 9.98. The lowest BCUT2D eigenvalue weighted by molar-refractivity contribution is -0.137. The monoisotopic (exact) mass is 551 g/mol. The molecule has 13 heteroatoms. The van der Waals surface area contributed by atoms with Crippen LogP contribution in [0.3, 0.4) is 0 Å². The van der Waals surface area contributed by atoms with E-state index in [1.165, 1.54) is 4.90 Å². The van der Waals surface area contributed by atoms with Gasteiger partial charge in [-0.2, -0.15) is 13.2 Å². The summed E-state index contributed by atoms with van der Waals surface area (Å²) in [5.74, 6) is -2.84. The number of piperazine rings is 1. The van der Waals surface area contributed by atoms with E-state index >= 15 is 0 Å². The Morgan fingerprint density at radius 2 is 1.97 bits per heavy atom. The summed E-state index contributed by atoms with van der Waals surface area (Å²) in [6, 6.07) is 5.26. The molecule has 204 valence electrons. The maximum Gasteiger partial charge on any atom is 0.449 e. The van der Waals surface area contributed by atoms with Crippen molar-refractivity contribution in [3.8, 4) is 0 Å². The van der Waals surface area contributed by atoms with Gasteiger partial charge in [-0.25, -0.2) is 0 Å². The number of carbonyl (C=O) groups excluding carboxylic acids is 2. The van der Waals surface area contributed by atoms with Crippen LogP contribution in [0.25, 0.3) is 10.9 Å². The summed E-state index contributed by atoms with van der Waals surface area (Å²) in [6.45, 7) is 4.84. The van der Waals surface area contributed by atoms with Crippen molar-refractivity contribution in [3.05, 3.63) is 35.0 Å². The Morgan fingerprint density at radius 1 is 1.24 bits per heavy atom. The largest absolute Gasteiger partial charge is 0.449 e. The molecule has 38 heavy (non-hydrogen) atoms. The third kappa shape index (κ3) is 5.40. The molecule has 2 fully saturated rings. The van der Waals surface area contributed by atoms with E-state index in [0.29, 0.717) is 47.1 Å². The first kappa shape index (κ1) is 27.6. The minimum Gasteiger partial charge on any atom is -0.369 e. The zero-order valence-corrected chi connectivity index (χ0v) is 21.8. The molecule has 2 aliphatic heterocycles. The van der Waals surface area contributed by atoms with Gasteiger partial charge in [0, 0.05) is 55.8 Å². The molecular formula is C25H29ClF3N7O2. The van der Waals surface area contributed by atoms with Crippen LogP contribution in [0.15, 0.2) is 24.4 Å². The second kappa shape index (κ2) is 10.8. The lowest BCUT2D eigenvalue weighted by Gasteiger charge is -2.42. The van der Waals surface area contributed by atoms with Gasteiger partial charge in [0.15, 0.2) is 0 Å². The molecule has 1 aromatic carbocycles. The SMILES string of the molecule is CCNC(=O)c1ccc2c(N3CCC(C(=O)N4CCN(C(=N)C(F)(F)F)C(=N)C4)C(C)C3)c(Cl)cnc2c1. The zero-order chi connectivity index (χ0) is 27.8. The second-order valence-electron chi connectivity index (χ2n) is 9.57. The van der Waals surface area contributed by atoms with Crippen LogP contribution in [0.5, 0.6) is 0 Å². The Morgan fingerprint density at radius 3 is 2.61 bits per heavy atom. The first-order valence-corrected chi connectivity index (χ1v) is 12.7. The summed E-state index contributed by atoms with van der Waals surface area (Å²) in [4.78, 5) is 34.0. The number of pyridine rings is 1. The molecule has 3 heterocycles. The van der Waals surface area contributed by atoms with Crippen molar-refractivity contribution in [1.29, 1.82) is 10.8 Å². The van der Waals surface area contributed by atoms with Gasteiger partial charge >= 0.3 is 6.18 Å². The van der Waals surface area contributed by atoms with E-state index in [9.17, 15) is 22.8 Å². The number of amidine groups is 2. The van der Waals surface area contributed by atoms with Crippen LogP contribution in [0.2, 0.25) is 5.02 Å². The topological polar surface area (TPSA) is 116 Å². The third-order valence-electron chi connectivity index (χ3n) is 7.04. The molecule has 2 unspecified atom stereocenters. The normalized spacial score (nSPS) is 20.6. The Kier molecular flexibility index (Phi) is 7.82. The van der Waals surface area contributed by atoms with Crippen LogP contribution < -0.4 is 10.2 Å². The smallest absolute Gasteiger partial charge is 0.369 e. The van der Waals surface area contributed by atoms with E-state index in [-0.39, 0.29) is 43.3 Å². The van der Waals surface area contributed by atoms with Crippen molar-refractivity contribution in [2.45, 2.75) is 26.4 Å². The van der Waals surface area contributed by atoms with E-state index in [4.69, 9.17) is 22.4 Å². The number of rotatable bonds is 4. The van der Waals surface area contributed by atoms with Gasteiger partial charge in [0.1, 0.15) is 5.84 Å². The molecule has 0 aliphatic carbocycles. The van der Waals surface area contributed by atoms with Crippen molar-refractivity contribution >= 4 is 51.7 Å². The number of hydrogen-bond donors (Lipinski definition) is 3. The molecule has 2 saturated heterocycles. The highest BCUT2D eigenvalue weighted by Crippen LogP contribution is 2.37. The number of fused-ring (bicyclic) bond motifs is 1. The van der Waals surface area contributed by atoms with Gasteiger partial charge in [0.2, 0.25) is 11.7 Å². The molecule has 1 aromatic heterocycles. The molecule has 0 radical (unpaired) electrons. The fraction of sp³-hybridized carbons (Fsp3) is 0.480. The molecule has 2 amide bonds. The van der Waals surface area contributed by atoms with Gasteiger partial charge in [0.05, 0.1) is 22.8 Å². The predicted octanol–water partition coefficient (Wildman–Crippen LogP) is 3.76. The van der Waals surface area contributed by atoms with Crippen molar-refractivity contribution in [2.75, 3.05) is 44.2 Å². The maximum atomic E-state index is 13.3. The Hall–Kier alpha value is -3.41. The lowest BCUT2D eigenvalue weighted by Crippen LogP contribution is -2.58. The van der Waals surface area contributed by atoms with Crippen molar-refractivity contribution in [1.82, 2.24) is 20.1 Å². The van der Waals surface area contributed by atoms with Crippen LogP contribution >= 0.6 is 11.6 Å². The number of halogens is 4. The van der Waals surface area contributed by atoms with E-state index in [0.717, 1.165) is 11.1 Å². The average molecular weight is 552 g/mol. The molecular weight excluding hydrogens is 523 g/mol.